The Balaban J connectivity index is 4.46. The third-order valence-corrected chi connectivity index (χ3v) is 2.85. The molecule has 0 bridgehead atoms. The summed E-state index contributed by atoms with van der Waals surface area (Å²) in [4.78, 5) is 25.2. The molecule has 1 unspecified atom stereocenters. The molecule has 0 heterocycles. The molecule has 0 saturated carbocycles. The Labute approximate surface area is 116 Å². The van der Waals surface area contributed by atoms with Gasteiger partial charge in [-0.1, -0.05) is 20.8 Å². The van der Waals surface area contributed by atoms with Gasteiger partial charge in [-0.2, -0.15) is 0 Å². The van der Waals surface area contributed by atoms with Gasteiger partial charge in [-0.05, 0) is 33.2 Å². The van der Waals surface area contributed by atoms with E-state index in [1.165, 1.54) is 6.92 Å². The lowest BCUT2D eigenvalue weighted by atomic mass is 10.0. The van der Waals surface area contributed by atoms with Crippen LogP contribution in [0.15, 0.2) is 0 Å². The molecular weight excluding hydrogens is 244 g/mol. The zero-order valence-corrected chi connectivity index (χ0v) is 13.0. The number of likely N-dealkylation sites (N-methyl/N-ethyl adjacent to an activating group) is 1. The molecule has 0 fully saturated rings. The third-order valence-electron chi connectivity index (χ3n) is 2.85. The maximum atomic E-state index is 11.9. The summed E-state index contributed by atoms with van der Waals surface area (Å²) in [5.74, 6) is -0.139. The van der Waals surface area contributed by atoms with Gasteiger partial charge in [0.2, 0.25) is 5.91 Å². The van der Waals surface area contributed by atoms with Crippen molar-refractivity contribution in [2.24, 2.45) is 5.92 Å². The predicted molar refractivity (Wildman–Crippen MR) is 75.9 cm³/mol. The molecule has 2 N–H and O–H groups in total. The Morgan fingerprint density at radius 2 is 1.84 bits per heavy atom. The van der Waals surface area contributed by atoms with Crippen molar-refractivity contribution < 1.29 is 14.7 Å². The summed E-state index contributed by atoms with van der Waals surface area (Å²) in [5, 5.41) is 12.5. The largest absolute Gasteiger partial charge is 0.389 e. The van der Waals surface area contributed by atoms with Gasteiger partial charge < -0.3 is 10.4 Å². The number of carbonyl (C=O) groups is 2. The van der Waals surface area contributed by atoms with Crippen LogP contribution < -0.4 is 5.32 Å². The van der Waals surface area contributed by atoms with Crippen molar-refractivity contribution in [3.8, 4) is 0 Å². The van der Waals surface area contributed by atoms with Crippen molar-refractivity contribution in [1.29, 1.82) is 0 Å². The first kappa shape index (κ1) is 18.1. The highest BCUT2D eigenvalue weighted by molar-refractivity contribution is 5.88. The fraction of sp³-hybridized carbons (Fsp3) is 0.857. The molecule has 0 saturated heterocycles. The van der Waals surface area contributed by atoms with Crippen LogP contribution in [0.1, 0.15) is 41.5 Å². The number of ketones is 1. The summed E-state index contributed by atoms with van der Waals surface area (Å²) < 4.78 is 0. The number of hydrogen-bond acceptors (Lipinski definition) is 4. The number of aliphatic hydroxyl groups is 1. The number of nitrogens with zero attached hydrogens (tertiary/aromatic N) is 1. The molecule has 0 aromatic heterocycles. The zero-order valence-electron chi connectivity index (χ0n) is 13.0. The van der Waals surface area contributed by atoms with Crippen molar-refractivity contribution in [1.82, 2.24) is 10.2 Å². The van der Waals surface area contributed by atoms with Gasteiger partial charge in [0, 0.05) is 6.54 Å². The summed E-state index contributed by atoms with van der Waals surface area (Å²) in [7, 11) is 0. The quantitative estimate of drug-likeness (QED) is 0.686. The van der Waals surface area contributed by atoms with Crippen LogP contribution in [0.4, 0.5) is 0 Å². The highest BCUT2D eigenvalue weighted by atomic mass is 16.3. The van der Waals surface area contributed by atoms with E-state index in [9.17, 15) is 14.7 Å². The summed E-state index contributed by atoms with van der Waals surface area (Å²) >= 11 is 0. The molecule has 5 heteroatoms. The van der Waals surface area contributed by atoms with Crippen molar-refractivity contribution in [3.05, 3.63) is 0 Å². The topological polar surface area (TPSA) is 69.6 Å². The molecule has 0 radical (unpaired) electrons. The molecule has 0 aromatic carbocycles. The number of nitrogens with one attached hydrogen (secondary N) is 1. The van der Waals surface area contributed by atoms with Crippen molar-refractivity contribution in [3.63, 3.8) is 0 Å². The maximum absolute atomic E-state index is 11.9. The number of hydrogen-bond donors (Lipinski definition) is 2. The summed E-state index contributed by atoms with van der Waals surface area (Å²) in [6.07, 6.45) is 0. The molecule has 5 nitrogen and oxygen atoms in total. The molecule has 0 aliphatic rings. The highest BCUT2D eigenvalue weighted by Gasteiger charge is 2.23. The standard InChI is InChI=1S/C14H28N2O3/c1-7-16(9-14(5,6)19)8-12(18)15-13(10(2)3)11(4)17/h10,13,19H,7-9H2,1-6H3,(H,15,18). The Kier molecular flexibility index (Phi) is 7.23. The zero-order chi connectivity index (χ0) is 15.2. The van der Waals surface area contributed by atoms with Crippen molar-refractivity contribution in [2.45, 2.75) is 53.2 Å². The number of rotatable bonds is 8. The Bertz CT molecular complexity index is 308. The Hall–Kier alpha value is -0.940. The average Bonchev–Trinajstić information content (AvgIpc) is 2.22. The van der Waals surface area contributed by atoms with Gasteiger partial charge in [-0.15, -0.1) is 0 Å². The van der Waals surface area contributed by atoms with Crippen LogP contribution in [0.25, 0.3) is 0 Å². The molecule has 0 aromatic rings. The molecule has 0 rings (SSSR count). The van der Waals surface area contributed by atoms with Gasteiger partial charge >= 0.3 is 0 Å². The fourth-order valence-electron chi connectivity index (χ4n) is 1.99. The second kappa shape index (κ2) is 7.60. The SMILES string of the molecule is CCN(CC(=O)NC(C(C)=O)C(C)C)CC(C)(C)O. The van der Waals surface area contributed by atoms with Crippen molar-refractivity contribution >= 4 is 11.7 Å². The van der Waals surface area contributed by atoms with Crippen LogP contribution in [-0.2, 0) is 9.59 Å². The minimum Gasteiger partial charge on any atom is -0.389 e. The van der Waals surface area contributed by atoms with Gasteiger partial charge in [0.05, 0.1) is 18.2 Å². The number of carbonyl (C=O) groups excluding carboxylic acids is 2. The van der Waals surface area contributed by atoms with E-state index < -0.39 is 11.6 Å². The smallest absolute Gasteiger partial charge is 0.234 e. The van der Waals surface area contributed by atoms with Crippen LogP contribution in [0.2, 0.25) is 0 Å². The molecule has 0 aliphatic heterocycles. The number of Topliss-reactive ketones (excluding diaryl/α,β-unsaturated/α-hetero) is 1. The molecule has 0 spiro atoms. The van der Waals surface area contributed by atoms with E-state index in [1.54, 1.807) is 13.8 Å². The molecule has 1 atom stereocenters. The Morgan fingerprint density at radius 1 is 1.32 bits per heavy atom. The first-order valence-electron chi connectivity index (χ1n) is 6.81. The van der Waals surface area contributed by atoms with Gasteiger partial charge in [-0.3, -0.25) is 14.5 Å². The van der Waals surface area contributed by atoms with E-state index >= 15 is 0 Å². The lowest BCUT2D eigenvalue weighted by Crippen LogP contribution is -2.49. The average molecular weight is 272 g/mol. The van der Waals surface area contributed by atoms with E-state index in [0.29, 0.717) is 13.1 Å². The van der Waals surface area contributed by atoms with Gasteiger partial charge in [0.25, 0.3) is 0 Å². The summed E-state index contributed by atoms with van der Waals surface area (Å²) in [6.45, 7) is 11.9. The van der Waals surface area contributed by atoms with E-state index in [1.807, 2.05) is 25.7 Å². The van der Waals surface area contributed by atoms with Crippen LogP contribution in [0.5, 0.6) is 0 Å². The number of amides is 1. The fourth-order valence-corrected chi connectivity index (χ4v) is 1.99. The predicted octanol–water partition coefficient (Wildman–Crippen LogP) is 0.809. The van der Waals surface area contributed by atoms with E-state index in [4.69, 9.17) is 0 Å². The summed E-state index contributed by atoms with van der Waals surface area (Å²) in [6, 6.07) is -0.437. The highest BCUT2D eigenvalue weighted by Crippen LogP contribution is 2.06. The lowest BCUT2D eigenvalue weighted by Gasteiger charge is -2.28. The molecular formula is C14H28N2O3. The Morgan fingerprint density at radius 3 is 2.16 bits per heavy atom. The van der Waals surface area contributed by atoms with Crippen LogP contribution >= 0.6 is 0 Å². The third kappa shape index (κ3) is 7.95. The van der Waals surface area contributed by atoms with Gasteiger partial charge in [-0.25, -0.2) is 0 Å². The first-order chi connectivity index (χ1) is 8.56. The molecule has 1 amide bonds. The first-order valence-corrected chi connectivity index (χ1v) is 6.81. The lowest BCUT2D eigenvalue weighted by molar-refractivity contribution is -0.128. The normalized spacial score (nSPS) is 13.7. The minimum absolute atomic E-state index is 0.0334. The second-order valence-electron chi connectivity index (χ2n) is 6.02. The molecule has 112 valence electrons. The van der Waals surface area contributed by atoms with Gasteiger partial charge in [0.1, 0.15) is 0 Å². The van der Waals surface area contributed by atoms with Crippen LogP contribution in [0, 0.1) is 5.92 Å². The van der Waals surface area contributed by atoms with E-state index in [-0.39, 0.29) is 24.2 Å². The van der Waals surface area contributed by atoms with Crippen LogP contribution in [-0.4, -0.2) is 53.0 Å². The molecule has 0 aliphatic carbocycles. The van der Waals surface area contributed by atoms with Crippen molar-refractivity contribution in [2.75, 3.05) is 19.6 Å². The van der Waals surface area contributed by atoms with E-state index in [2.05, 4.69) is 5.32 Å². The van der Waals surface area contributed by atoms with Crippen LogP contribution in [0.3, 0.4) is 0 Å². The van der Waals surface area contributed by atoms with Gasteiger partial charge in [0.15, 0.2) is 5.78 Å². The summed E-state index contributed by atoms with van der Waals surface area (Å²) in [5.41, 5.74) is -0.839. The minimum atomic E-state index is -0.839. The monoisotopic (exact) mass is 272 g/mol. The maximum Gasteiger partial charge on any atom is 0.234 e. The van der Waals surface area contributed by atoms with E-state index in [0.717, 1.165) is 0 Å². The second-order valence-corrected chi connectivity index (χ2v) is 6.02. The molecule has 19 heavy (non-hydrogen) atoms.